The molecule has 116 valence electrons. The molecule has 1 aliphatic rings. The Morgan fingerprint density at radius 1 is 1.52 bits per heavy atom. The van der Waals surface area contributed by atoms with Crippen molar-refractivity contribution in [3.05, 3.63) is 28.2 Å². The van der Waals surface area contributed by atoms with E-state index in [0.29, 0.717) is 27.2 Å². The van der Waals surface area contributed by atoms with Gasteiger partial charge in [0, 0.05) is 33.2 Å². The molecular formula is C13H16BrNO3S3. The molecule has 2 rings (SSSR count). The van der Waals surface area contributed by atoms with Gasteiger partial charge in [0.15, 0.2) is 9.84 Å². The van der Waals surface area contributed by atoms with Gasteiger partial charge in [-0.05, 0) is 34.1 Å². The van der Waals surface area contributed by atoms with Gasteiger partial charge in [0.2, 0.25) is 0 Å². The van der Waals surface area contributed by atoms with E-state index in [0.717, 1.165) is 5.75 Å². The highest BCUT2D eigenvalue weighted by atomic mass is 79.9. The minimum Gasteiger partial charge on any atom is -0.320 e. The lowest BCUT2D eigenvalue weighted by Crippen LogP contribution is -2.50. The molecule has 0 bridgehead atoms. The van der Waals surface area contributed by atoms with E-state index >= 15 is 0 Å². The van der Waals surface area contributed by atoms with E-state index in [1.165, 1.54) is 4.90 Å². The minimum atomic E-state index is -3.30. The van der Waals surface area contributed by atoms with Gasteiger partial charge in [-0.15, -0.1) is 12.6 Å². The first-order valence-electron chi connectivity index (χ1n) is 6.45. The van der Waals surface area contributed by atoms with Crippen LogP contribution in [0.4, 0.5) is 0 Å². The summed E-state index contributed by atoms with van der Waals surface area (Å²) in [5, 5.41) is -0.746. The van der Waals surface area contributed by atoms with Crippen LogP contribution in [-0.2, 0) is 9.84 Å². The molecule has 1 aromatic rings. The number of carbonyl (C=O) groups excluding carboxylic acids is 1. The van der Waals surface area contributed by atoms with Gasteiger partial charge >= 0.3 is 0 Å². The highest BCUT2D eigenvalue weighted by Crippen LogP contribution is 2.27. The van der Waals surface area contributed by atoms with E-state index < -0.39 is 15.2 Å². The fourth-order valence-electron chi connectivity index (χ4n) is 2.14. The second-order valence-corrected chi connectivity index (χ2v) is 9.61. The first-order valence-corrected chi connectivity index (χ1v) is 10.6. The van der Waals surface area contributed by atoms with Gasteiger partial charge in [0.1, 0.15) is 5.37 Å². The summed E-state index contributed by atoms with van der Waals surface area (Å²) in [5.74, 6) is 0.954. The maximum Gasteiger partial charge on any atom is 0.256 e. The molecule has 0 aliphatic carbocycles. The van der Waals surface area contributed by atoms with E-state index in [9.17, 15) is 13.2 Å². The van der Waals surface area contributed by atoms with E-state index in [-0.39, 0.29) is 11.7 Å². The second-order valence-electron chi connectivity index (χ2n) is 4.64. The van der Waals surface area contributed by atoms with Crippen LogP contribution in [0.2, 0.25) is 0 Å². The lowest BCUT2D eigenvalue weighted by Gasteiger charge is -2.35. The largest absolute Gasteiger partial charge is 0.320 e. The van der Waals surface area contributed by atoms with Crippen molar-refractivity contribution in [2.24, 2.45) is 0 Å². The number of sulfone groups is 1. The molecule has 1 unspecified atom stereocenters. The maximum absolute atomic E-state index is 12.7. The molecule has 1 aliphatic heterocycles. The Kier molecular flexibility index (Phi) is 5.67. The van der Waals surface area contributed by atoms with Gasteiger partial charge in [0.25, 0.3) is 5.91 Å². The Morgan fingerprint density at radius 2 is 2.24 bits per heavy atom. The second kappa shape index (κ2) is 6.93. The van der Waals surface area contributed by atoms with E-state index in [2.05, 4.69) is 28.6 Å². The van der Waals surface area contributed by atoms with Crippen molar-refractivity contribution < 1.29 is 13.2 Å². The summed E-state index contributed by atoms with van der Waals surface area (Å²) in [6.07, 6.45) is 0. The van der Waals surface area contributed by atoms with Gasteiger partial charge in [-0.1, -0.05) is 6.92 Å². The van der Waals surface area contributed by atoms with Crippen LogP contribution in [0.25, 0.3) is 0 Å². The number of halogens is 1. The molecule has 1 aromatic carbocycles. The Hall–Kier alpha value is -0.180. The smallest absolute Gasteiger partial charge is 0.256 e. The lowest BCUT2D eigenvalue weighted by molar-refractivity contribution is 0.0748. The van der Waals surface area contributed by atoms with Crippen LogP contribution < -0.4 is 0 Å². The molecule has 1 atom stereocenters. The number of hydrogen-bond donors (Lipinski definition) is 1. The number of amides is 1. The third-order valence-electron chi connectivity index (χ3n) is 3.34. The van der Waals surface area contributed by atoms with Crippen molar-refractivity contribution in [3.63, 3.8) is 0 Å². The number of nitrogens with zero attached hydrogens (tertiary/aromatic N) is 1. The predicted molar refractivity (Wildman–Crippen MR) is 93.0 cm³/mol. The summed E-state index contributed by atoms with van der Waals surface area (Å²) in [6.45, 7) is 2.05. The third kappa shape index (κ3) is 3.78. The summed E-state index contributed by atoms with van der Waals surface area (Å²) in [4.78, 5) is 14.9. The summed E-state index contributed by atoms with van der Waals surface area (Å²) in [7, 11) is -3.30. The molecule has 0 radical (unpaired) electrons. The molecule has 0 saturated carbocycles. The molecule has 4 nitrogen and oxygen atoms in total. The quantitative estimate of drug-likeness (QED) is 0.779. The van der Waals surface area contributed by atoms with Gasteiger partial charge in [0.05, 0.1) is 5.56 Å². The van der Waals surface area contributed by atoms with Gasteiger partial charge in [-0.2, -0.15) is 11.8 Å². The molecule has 1 fully saturated rings. The van der Waals surface area contributed by atoms with Crippen molar-refractivity contribution in [1.82, 2.24) is 4.90 Å². The number of thiol groups is 1. The van der Waals surface area contributed by atoms with Crippen molar-refractivity contribution in [2.75, 3.05) is 23.8 Å². The van der Waals surface area contributed by atoms with Gasteiger partial charge in [-0.25, -0.2) is 8.42 Å². The van der Waals surface area contributed by atoms with Crippen molar-refractivity contribution in [2.45, 2.75) is 17.2 Å². The Bertz CT molecular complexity index is 648. The highest BCUT2D eigenvalue weighted by Gasteiger charge is 2.36. The molecule has 21 heavy (non-hydrogen) atoms. The molecule has 0 aromatic heterocycles. The zero-order chi connectivity index (χ0) is 15.6. The summed E-state index contributed by atoms with van der Waals surface area (Å²) >= 11 is 9.16. The number of carbonyl (C=O) groups is 1. The Balaban J connectivity index is 2.37. The van der Waals surface area contributed by atoms with Crippen LogP contribution in [0.3, 0.4) is 0 Å². The molecule has 0 spiro atoms. The average Bonchev–Trinajstić information content (AvgIpc) is 2.49. The molecule has 1 amide bonds. The van der Waals surface area contributed by atoms with Crippen molar-refractivity contribution >= 4 is 56.1 Å². The highest BCUT2D eigenvalue weighted by molar-refractivity contribution is 9.10. The number of rotatable bonds is 3. The van der Waals surface area contributed by atoms with Gasteiger partial charge < -0.3 is 4.90 Å². The predicted octanol–water partition coefficient (Wildman–Crippen LogP) is 2.69. The van der Waals surface area contributed by atoms with Crippen LogP contribution in [0.5, 0.6) is 0 Å². The van der Waals surface area contributed by atoms with Gasteiger partial charge in [-0.3, -0.25) is 4.79 Å². The van der Waals surface area contributed by atoms with Crippen LogP contribution >= 0.6 is 40.3 Å². The van der Waals surface area contributed by atoms with Crippen LogP contribution in [0, 0.1) is 0 Å². The van der Waals surface area contributed by atoms with Crippen LogP contribution in [0.1, 0.15) is 17.3 Å². The Morgan fingerprint density at radius 3 is 2.90 bits per heavy atom. The normalized spacial score (nSPS) is 19.6. The monoisotopic (exact) mass is 409 g/mol. The topological polar surface area (TPSA) is 54.5 Å². The van der Waals surface area contributed by atoms with Crippen molar-refractivity contribution in [3.8, 4) is 0 Å². The number of benzene rings is 1. The number of thioether (sulfide) groups is 1. The van der Waals surface area contributed by atoms with E-state index in [4.69, 9.17) is 0 Å². The first-order chi connectivity index (χ1) is 9.86. The third-order valence-corrected chi connectivity index (χ3v) is 7.60. The SMILES string of the molecule is CCS(=O)(=O)C1CSCCN1C(=O)c1cc(S)ccc1Br. The fraction of sp³-hybridized carbons (Fsp3) is 0.462. The maximum atomic E-state index is 12.7. The molecule has 8 heteroatoms. The number of hydrogen-bond acceptors (Lipinski definition) is 5. The lowest BCUT2D eigenvalue weighted by atomic mass is 10.2. The van der Waals surface area contributed by atoms with E-state index in [1.807, 2.05) is 0 Å². The van der Waals surface area contributed by atoms with Crippen LogP contribution in [-0.4, -0.2) is 48.4 Å². The molecule has 1 heterocycles. The summed E-state index contributed by atoms with van der Waals surface area (Å²) in [5.41, 5.74) is 0.450. The standard InChI is InChI=1S/C13H16BrNO3S3/c1-2-21(17,18)12-8-20-6-5-15(12)13(16)10-7-9(19)3-4-11(10)14/h3-4,7,12,19H,2,5-6,8H2,1H3. The average molecular weight is 410 g/mol. The van der Waals surface area contributed by atoms with Crippen LogP contribution in [0.15, 0.2) is 27.6 Å². The summed E-state index contributed by atoms with van der Waals surface area (Å²) in [6, 6.07) is 5.18. The fourth-order valence-corrected chi connectivity index (χ4v) is 5.72. The zero-order valence-corrected chi connectivity index (χ0v) is 15.6. The van der Waals surface area contributed by atoms with Crippen molar-refractivity contribution in [1.29, 1.82) is 0 Å². The first kappa shape index (κ1) is 17.2. The van der Waals surface area contributed by atoms with E-state index in [1.54, 1.807) is 36.9 Å². The minimum absolute atomic E-state index is 0.0375. The summed E-state index contributed by atoms with van der Waals surface area (Å²) < 4.78 is 25.1. The molecular weight excluding hydrogens is 394 g/mol. The zero-order valence-electron chi connectivity index (χ0n) is 11.5. The Labute approximate surface area is 143 Å². The molecule has 1 saturated heterocycles. The molecule has 0 N–H and O–H groups in total.